The van der Waals surface area contributed by atoms with Gasteiger partial charge in [-0.1, -0.05) is 30.7 Å². The lowest BCUT2D eigenvalue weighted by Gasteiger charge is -2.34. The van der Waals surface area contributed by atoms with Gasteiger partial charge >= 0.3 is 0 Å². The van der Waals surface area contributed by atoms with Crippen molar-refractivity contribution in [1.82, 2.24) is 4.90 Å². The van der Waals surface area contributed by atoms with Gasteiger partial charge in [-0.25, -0.2) is 8.78 Å². The Labute approximate surface area is 130 Å². The van der Waals surface area contributed by atoms with Crippen LogP contribution in [0.2, 0.25) is 0 Å². The van der Waals surface area contributed by atoms with Crippen LogP contribution in [0.15, 0.2) is 23.0 Å². The molecule has 4 unspecified atom stereocenters. The first-order valence-electron chi connectivity index (χ1n) is 7.53. The van der Waals surface area contributed by atoms with Crippen molar-refractivity contribution in [1.29, 1.82) is 0 Å². The SMILES string of the molecule is C/C(Cl)=C(/F)[C@H](F)CN(C)C(O)C1CC=CC2CC2[C@H]1C. The predicted octanol–water partition coefficient (Wildman–Crippen LogP) is 3.86. The second-order valence-electron chi connectivity index (χ2n) is 6.45. The summed E-state index contributed by atoms with van der Waals surface area (Å²) in [6.07, 6.45) is 3.73. The molecule has 0 aromatic heterocycles. The molecule has 1 N–H and O–H groups in total. The molecule has 2 aliphatic rings. The number of hydrogen-bond donors (Lipinski definition) is 1. The van der Waals surface area contributed by atoms with E-state index in [0.29, 0.717) is 17.8 Å². The van der Waals surface area contributed by atoms with E-state index in [1.54, 1.807) is 7.05 Å². The van der Waals surface area contributed by atoms with Crippen molar-refractivity contribution < 1.29 is 13.9 Å². The van der Waals surface area contributed by atoms with Gasteiger partial charge in [0.1, 0.15) is 12.1 Å². The highest BCUT2D eigenvalue weighted by Gasteiger charge is 2.45. The molecule has 0 heterocycles. The van der Waals surface area contributed by atoms with Crippen LogP contribution in [0.1, 0.15) is 26.7 Å². The Hall–Kier alpha value is -0.450. The average molecular weight is 320 g/mol. The third-order valence-corrected chi connectivity index (χ3v) is 5.10. The molecule has 5 heteroatoms. The van der Waals surface area contributed by atoms with Gasteiger partial charge in [0.15, 0.2) is 6.17 Å². The summed E-state index contributed by atoms with van der Waals surface area (Å²) < 4.78 is 27.3. The fourth-order valence-corrected chi connectivity index (χ4v) is 3.50. The van der Waals surface area contributed by atoms with Crippen LogP contribution in [0, 0.1) is 23.7 Å². The number of allylic oxidation sites excluding steroid dienone is 3. The maximum Gasteiger partial charge on any atom is 0.165 e. The zero-order valence-electron chi connectivity index (χ0n) is 12.8. The molecule has 0 bridgehead atoms. The Kier molecular flexibility index (Phi) is 5.44. The van der Waals surface area contributed by atoms with E-state index in [1.807, 2.05) is 0 Å². The summed E-state index contributed by atoms with van der Waals surface area (Å²) in [4.78, 5) is 1.49. The molecule has 6 atom stereocenters. The van der Waals surface area contributed by atoms with Crippen LogP contribution in [0.4, 0.5) is 8.78 Å². The Bertz CT molecular complexity index is 436. The minimum atomic E-state index is -1.80. The van der Waals surface area contributed by atoms with Crippen LogP contribution in [-0.4, -0.2) is 36.0 Å². The maximum absolute atomic E-state index is 13.8. The Morgan fingerprint density at radius 2 is 2.19 bits per heavy atom. The summed E-state index contributed by atoms with van der Waals surface area (Å²) in [5, 5.41) is 10.3. The molecule has 21 heavy (non-hydrogen) atoms. The largest absolute Gasteiger partial charge is 0.378 e. The number of halogens is 3. The Morgan fingerprint density at radius 3 is 2.81 bits per heavy atom. The van der Waals surface area contributed by atoms with E-state index < -0.39 is 18.2 Å². The second kappa shape index (κ2) is 6.76. The van der Waals surface area contributed by atoms with E-state index >= 15 is 0 Å². The maximum atomic E-state index is 13.8. The molecule has 0 radical (unpaired) electrons. The quantitative estimate of drug-likeness (QED) is 0.614. The number of fused-ring (bicyclic) bond motifs is 1. The normalized spacial score (nSPS) is 35.8. The lowest BCUT2D eigenvalue weighted by atomic mass is 9.86. The number of aliphatic hydroxyl groups is 1. The summed E-state index contributed by atoms with van der Waals surface area (Å²) in [7, 11) is 1.62. The number of rotatable bonds is 5. The van der Waals surface area contributed by atoms with Gasteiger partial charge < -0.3 is 5.11 Å². The van der Waals surface area contributed by atoms with E-state index in [-0.39, 0.29) is 17.5 Å². The standard InChI is InChI=1S/C16H24ClF2NO/c1-9-12(6-4-5-11-7-13(9)11)16(21)20(3)8-14(18)15(19)10(2)17/h4-5,9,11-14,16,21H,6-8H2,1-3H3/b15-10-/t9-,11?,12?,13?,14+,16?/m0/s1. The molecule has 0 amide bonds. The highest BCUT2D eigenvalue weighted by molar-refractivity contribution is 6.29. The van der Waals surface area contributed by atoms with Gasteiger partial charge in [-0.15, -0.1) is 0 Å². The second-order valence-corrected chi connectivity index (χ2v) is 7.02. The summed E-state index contributed by atoms with van der Waals surface area (Å²) in [5.74, 6) is 0.762. The van der Waals surface area contributed by atoms with Crippen molar-refractivity contribution in [2.75, 3.05) is 13.6 Å². The van der Waals surface area contributed by atoms with Gasteiger partial charge in [0.25, 0.3) is 0 Å². The topological polar surface area (TPSA) is 23.5 Å². The highest BCUT2D eigenvalue weighted by Crippen LogP contribution is 2.51. The fraction of sp³-hybridized carbons (Fsp3) is 0.750. The van der Waals surface area contributed by atoms with Gasteiger partial charge in [0, 0.05) is 17.5 Å². The summed E-state index contributed by atoms with van der Waals surface area (Å²) in [6.45, 7) is 3.28. The molecular weight excluding hydrogens is 296 g/mol. The molecule has 0 aliphatic heterocycles. The van der Waals surface area contributed by atoms with Crippen molar-refractivity contribution in [2.24, 2.45) is 23.7 Å². The van der Waals surface area contributed by atoms with Crippen LogP contribution in [0.5, 0.6) is 0 Å². The predicted molar refractivity (Wildman–Crippen MR) is 81.2 cm³/mol. The zero-order valence-corrected chi connectivity index (χ0v) is 13.5. The van der Waals surface area contributed by atoms with E-state index in [0.717, 1.165) is 6.42 Å². The van der Waals surface area contributed by atoms with Gasteiger partial charge in [0.2, 0.25) is 0 Å². The molecule has 120 valence electrons. The summed E-state index contributed by atoms with van der Waals surface area (Å²) >= 11 is 5.48. The lowest BCUT2D eigenvalue weighted by Crippen LogP contribution is -2.43. The van der Waals surface area contributed by atoms with Gasteiger partial charge in [-0.3, -0.25) is 4.90 Å². The first-order valence-corrected chi connectivity index (χ1v) is 7.91. The molecule has 0 spiro atoms. The zero-order chi connectivity index (χ0) is 15.7. The van der Waals surface area contributed by atoms with Gasteiger partial charge in [0.05, 0.1) is 0 Å². The van der Waals surface area contributed by atoms with Crippen molar-refractivity contribution in [3.05, 3.63) is 23.0 Å². The number of hydrogen-bond acceptors (Lipinski definition) is 2. The first kappa shape index (κ1) is 16.9. The minimum Gasteiger partial charge on any atom is -0.378 e. The van der Waals surface area contributed by atoms with Gasteiger partial charge in [-0.2, -0.15) is 0 Å². The first-order chi connectivity index (χ1) is 9.82. The third kappa shape index (κ3) is 3.85. The van der Waals surface area contributed by atoms with Crippen molar-refractivity contribution >= 4 is 11.6 Å². The molecule has 1 saturated carbocycles. The van der Waals surface area contributed by atoms with Crippen LogP contribution in [0.25, 0.3) is 0 Å². The van der Waals surface area contributed by atoms with Crippen LogP contribution in [-0.2, 0) is 0 Å². The smallest absolute Gasteiger partial charge is 0.165 e. The number of nitrogens with zero attached hydrogens (tertiary/aromatic N) is 1. The Morgan fingerprint density at radius 1 is 1.52 bits per heavy atom. The highest BCUT2D eigenvalue weighted by atomic mass is 35.5. The molecule has 0 aromatic carbocycles. The molecule has 2 rings (SSSR count). The molecular formula is C16H24ClF2NO. The van der Waals surface area contributed by atoms with E-state index in [1.165, 1.54) is 18.2 Å². The average Bonchev–Trinajstić information content (AvgIpc) is 3.20. The third-order valence-electron chi connectivity index (χ3n) is 4.92. The number of aliphatic hydroxyl groups excluding tert-OH is 1. The Balaban J connectivity index is 1.97. The summed E-state index contributed by atoms with van der Waals surface area (Å²) in [6, 6.07) is 0. The van der Waals surface area contributed by atoms with Crippen molar-refractivity contribution in [2.45, 2.75) is 39.1 Å². The van der Waals surface area contributed by atoms with Gasteiger partial charge in [-0.05, 0) is 44.6 Å². The van der Waals surface area contributed by atoms with E-state index in [9.17, 15) is 13.9 Å². The lowest BCUT2D eigenvalue weighted by molar-refractivity contribution is -0.0517. The van der Waals surface area contributed by atoms with E-state index in [2.05, 4.69) is 19.1 Å². The molecule has 2 nitrogen and oxygen atoms in total. The fourth-order valence-electron chi connectivity index (χ4n) is 3.38. The van der Waals surface area contributed by atoms with Crippen LogP contribution < -0.4 is 0 Å². The van der Waals surface area contributed by atoms with E-state index in [4.69, 9.17) is 11.6 Å². The molecule has 0 saturated heterocycles. The molecule has 2 aliphatic carbocycles. The minimum absolute atomic E-state index is 0.0556. The van der Waals surface area contributed by atoms with Crippen molar-refractivity contribution in [3.8, 4) is 0 Å². The molecule has 1 fully saturated rings. The number of alkyl halides is 1. The molecule has 0 aromatic rings. The monoisotopic (exact) mass is 319 g/mol. The van der Waals surface area contributed by atoms with Crippen molar-refractivity contribution in [3.63, 3.8) is 0 Å². The summed E-state index contributed by atoms with van der Waals surface area (Å²) in [5.41, 5.74) is 0. The van der Waals surface area contributed by atoms with Crippen LogP contribution in [0.3, 0.4) is 0 Å². The van der Waals surface area contributed by atoms with Crippen LogP contribution >= 0.6 is 11.6 Å².